The van der Waals surface area contributed by atoms with Crippen LogP contribution in [0.25, 0.3) is 0 Å². The zero-order valence-corrected chi connectivity index (χ0v) is 10.6. The lowest BCUT2D eigenvalue weighted by atomic mass is 10.1. The van der Waals surface area contributed by atoms with Gasteiger partial charge >= 0.3 is 0 Å². The predicted octanol–water partition coefficient (Wildman–Crippen LogP) is 3.05. The molecule has 3 nitrogen and oxygen atoms in total. The van der Waals surface area contributed by atoms with Crippen LogP contribution in [0.3, 0.4) is 0 Å². The van der Waals surface area contributed by atoms with Crippen LogP contribution in [0.5, 0.6) is 0 Å². The molecule has 0 aliphatic carbocycles. The number of unbranched alkanes of at least 4 members (excludes halogenated alkanes) is 1. The normalized spacial score (nSPS) is 12.2. The summed E-state index contributed by atoms with van der Waals surface area (Å²) in [7, 11) is 0. The molecule has 0 saturated heterocycles. The lowest BCUT2D eigenvalue weighted by Gasteiger charge is -2.16. The van der Waals surface area contributed by atoms with Crippen LogP contribution < -0.4 is 11.1 Å². The molecule has 0 aliphatic rings. The third-order valence-electron chi connectivity index (χ3n) is 2.71. The summed E-state index contributed by atoms with van der Waals surface area (Å²) < 4.78 is 26.8. The van der Waals surface area contributed by atoms with Crippen LogP contribution in [0, 0.1) is 11.6 Å². The van der Waals surface area contributed by atoms with Crippen LogP contribution in [-0.2, 0) is 0 Å². The molecule has 1 unspecified atom stereocenters. The molecular formula is C13H18F2N2O. The second kappa shape index (κ2) is 6.33. The molecule has 1 amide bonds. The van der Waals surface area contributed by atoms with E-state index in [1.54, 1.807) is 0 Å². The van der Waals surface area contributed by atoms with Crippen molar-refractivity contribution < 1.29 is 13.6 Å². The predicted molar refractivity (Wildman–Crippen MR) is 67.5 cm³/mol. The zero-order valence-electron chi connectivity index (χ0n) is 10.6. The van der Waals surface area contributed by atoms with Crippen molar-refractivity contribution in [3.63, 3.8) is 0 Å². The highest BCUT2D eigenvalue weighted by Crippen LogP contribution is 2.21. The molecular weight excluding hydrogens is 238 g/mol. The topological polar surface area (TPSA) is 55.1 Å². The van der Waals surface area contributed by atoms with E-state index in [-0.39, 0.29) is 17.3 Å². The molecule has 0 saturated carbocycles. The largest absolute Gasteiger partial charge is 0.380 e. The van der Waals surface area contributed by atoms with Gasteiger partial charge < -0.3 is 11.1 Å². The fraction of sp³-hybridized carbons (Fsp3) is 0.462. The van der Waals surface area contributed by atoms with Gasteiger partial charge in [-0.05, 0) is 19.4 Å². The third kappa shape index (κ3) is 3.68. The molecule has 0 aromatic heterocycles. The van der Waals surface area contributed by atoms with Gasteiger partial charge in [0.05, 0.1) is 11.3 Å². The first-order chi connectivity index (χ1) is 8.45. The van der Waals surface area contributed by atoms with E-state index in [4.69, 9.17) is 5.73 Å². The van der Waals surface area contributed by atoms with Crippen molar-refractivity contribution in [3.8, 4) is 0 Å². The lowest BCUT2D eigenvalue weighted by Crippen LogP contribution is -2.18. The Kier molecular flexibility index (Phi) is 5.07. The Labute approximate surface area is 105 Å². The summed E-state index contributed by atoms with van der Waals surface area (Å²) in [4.78, 5) is 11.0. The smallest absolute Gasteiger partial charge is 0.251 e. The number of hydrogen-bond acceptors (Lipinski definition) is 2. The monoisotopic (exact) mass is 256 g/mol. The van der Waals surface area contributed by atoms with Crippen LogP contribution in [-0.4, -0.2) is 11.9 Å². The Morgan fingerprint density at radius 3 is 2.61 bits per heavy atom. The van der Waals surface area contributed by atoms with Crippen LogP contribution in [0.4, 0.5) is 14.5 Å². The number of carbonyl (C=O) groups is 1. The molecule has 1 aromatic rings. The van der Waals surface area contributed by atoms with Gasteiger partial charge in [0.15, 0.2) is 0 Å². The number of benzene rings is 1. The first-order valence-corrected chi connectivity index (χ1v) is 6.01. The fourth-order valence-corrected chi connectivity index (χ4v) is 1.70. The highest BCUT2D eigenvalue weighted by atomic mass is 19.1. The Morgan fingerprint density at radius 2 is 2.06 bits per heavy atom. The summed E-state index contributed by atoms with van der Waals surface area (Å²) in [6.45, 7) is 3.97. The summed E-state index contributed by atoms with van der Waals surface area (Å²) in [6, 6.07) is 1.84. The first-order valence-electron chi connectivity index (χ1n) is 6.01. The van der Waals surface area contributed by atoms with Gasteiger partial charge in [0.2, 0.25) is 0 Å². The van der Waals surface area contributed by atoms with Crippen molar-refractivity contribution in [2.45, 2.75) is 39.2 Å². The molecule has 1 aromatic carbocycles. The van der Waals surface area contributed by atoms with Crippen LogP contribution in [0.15, 0.2) is 12.1 Å². The van der Waals surface area contributed by atoms with Crippen molar-refractivity contribution >= 4 is 11.6 Å². The van der Waals surface area contributed by atoms with E-state index in [1.165, 1.54) is 0 Å². The minimum atomic E-state index is -0.938. The number of amides is 1. The van der Waals surface area contributed by atoms with Crippen molar-refractivity contribution in [3.05, 3.63) is 29.3 Å². The number of primary amides is 1. The number of halogens is 2. The zero-order chi connectivity index (χ0) is 13.7. The van der Waals surface area contributed by atoms with E-state index in [0.29, 0.717) is 6.07 Å². The minimum absolute atomic E-state index is 0.0469. The van der Waals surface area contributed by atoms with Gasteiger partial charge in [-0.15, -0.1) is 0 Å². The van der Waals surface area contributed by atoms with Gasteiger partial charge in [-0.25, -0.2) is 8.78 Å². The van der Waals surface area contributed by atoms with Gasteiger partial charge in [0, 0.05) is 12.1 Å². The molecule has 1 atom stereocenters. The number of hydrogen-bond donors (Lipinski definition) is 2. The van der Waals surface area contributed by atoms with E-state index < -0.39 is 17.5 Å². The van der Waals surface area contributed by atoms with Crippen LogP contribution >= 0.6 is 0 Å². The molecule has 18 heavy (non-hydrogen) atoms. The molecule has 0 aliphatic heterocycles. The maximum absolute atomic E-state index is 13.5. The molecule has 5 heteroatoms. The molecule has 1 rings (SSSR count). The van der Waals surface area contributed by atoms with Gasteiger partial charge in [0.1, 0.15) is 11.6 Å². The second-order valence-corrected chi connectivity index (χ2v) is 4.36. The molecule has 0 heterocycles. The van der Waals surface area contributed by atoms with Gasteiger partial charge in [0.25, 0.3) is 5.91 Å². The molecule has 0 spiro atoms. The Balaban J connectivity index is 2.88. The number of rotatable bonds is 6. The summed E-state index contributed by atoms with van der Waals surface area (Å²) in [5.41, 5.74) is 4.82. The summed E-state index contributed by atoms with van der Waals surface area (Å²) in [6.07, 6.45) is 2.93. The average molecular weight is 256 g/mol. The maximum atomic E-state index is 13.5. The van der Waals surface area contributed by atoms with E-state index in [9.17, 15) is 13.6 Å². The quantitative estimate of drug-likeness (QED) is 0.821. The highest BCUT2D eigenvalue weighted by Gasteiger charge is 2.14. The Bertz CT molecular complexity index is 435. The van der Waals surface area contributed by atoms with E-state index in [1.807, 2.05) is 6.92 Å². The van der Waals surface area contributed by atoms with Gasteiger partial charge in [-0.2, -0.15) is 0 Å². The van der Waals surface area contributed by atoms with Gasteiger partial charge in [-0.3, -0.25) is 4.79 Å². The molecule has 0 radical (unpaired) electrons. The third-order valence-corrected chi connectivity index (χ3v) is 2.71. The molecule has 100 valence electrons. The SMILES string of the molecule is CCCCC(C)Nc1cc(C(N)=O)c(F)cc1F. The Hall–Kier alpha value is -1.65. The van der Waals surface area contributed by atoms with Crippen molar-refractivity contribution in [1.82, 2.24) is 0 Å². The van der Waals surface area contributed by atoms with Gasteiger partial charge in [-0.1, -0.05) is 19.8 Å². The maximum Gasteiger partial charge on any atom is 0.251 e. The number of anilines is 1. The average Bonchev–Trinajstić information content (AvgIpc) is 2.29. The van der Waals surface area contributed by atoms with E-state index in [2.05, 4.69) is 12.2 Å². The molecule has 3 N–H and O–H groups in total. The summed E-state index contributed by atoms with van der Waals surface area (Å²) >= 11 is 0. The Morgan fingerprint density at radius 1 is 1.39 bits per heavy atom. The number of nitrogens with two attached hydrogens (primary N) is 1. The molecule has 0 bridgehead atoms. The van der Waals surface area contributed by atoms with Crippen molar-refractivity contribution in [2.75, 3.05) is 5.32 Å². The highest BCUT2D eigenvalue weighted by molar-refractivity contribution is 5.94. The summed E-state index contributed by atoms with van der Waals surface area (Å²) in [5, 5.41) is 2.92. The number of nitrogens with one attached hydrogen (secondary N) is 1. The minimum Gasteiger partial charge on any atom is -0.380 e. The van der Waals surface area contributed by atoms with Crippen LogP contribution in [0.1, 0.15) is 43.5 Å². The summed E-state index contributed by atoms with van der Waals surface area (Å²) in [5.74, 6) is -2.57. The number of carbonyl (C=O) groups excluding carboxylic acids is 1. The fourth-order valence-electron chi connectivity index (χ4n) is 1.70. The second-order valence-electron chi connectivity index (χ2n) is 4.36. The van der Waals surface area contributed by atoms with Crippen molar-refractivity contribution in [1.29, 1.82) is 0 Å². The van der Waals surface area contributed by atoms with E-state index in [0.717, 1.165) is 25.3 Å². The van der Waals surface area contributed by atoms with E-state index >= 15 is 0 Å². The lowest BCUT2D eigenvalue weighted by molar-refractivity contribution is 0.0996. The first kappa shape index (κ1) is 14.4. The van der Waals surface area contributed by atoms with Crippen molar-refractivity contribution in [2.24, 2.45) is 5.73 Å². The standard InChI is InChI=1S/C13H18F2N2O/c1-3-4-5-8(2)17-12-6-9(13(16)18)10(14)7-11(12)15/h6-8,17H,3-5H2,1-2H3,(H2,16,18). The van der Waals surface area contributed by atoms with Crippen LogP contribution in [0.2, 0.25) is 0 Å². The molecule has 0 fully saturated rings.